The van der Waals surface area contributed by atoms with Crippen molar-refractivity contribution in [2.45, 2.75) is 77.7 Å². The van der Waals surface area contributed by atoms with Crippen molar-refractivity contribution in [3.05, 3.63) is 53.6 Å². The fourth-order valence-electron chi connectivity index (χ4n) is 4.02. The molecule has 3 heteroatoms. The van der Waals surface area contributed by atoms with E-state index >= 15 is 0 Å². The third kappa shape index (κ3) is 6.94. The Balaban J connectivity index is 1.99. The van der Waals surface area contributed by atoms with Gasteiger partial charge in [0.25, 0.3) is 0 Å². The lowest BCUT2D eigenvalue weighted by atomic mass is 9.83. The average Bonchev–Trinajstić information content (AvgIpc) is 2.70. The second kappa shape index (κ2) is 11.9. The van der Waals surface area contributed by atoms with Crippen molar-refractivity contribution in [3.63, 3.8) is 0 Å². The van der Waals surface area contributed by atoms with E-state index in [-0.39, 0.29) is 12.7 Å². The molecule has 0 heterocycles. The van der Waals surface area contributed by atoms with Crippen molar-refractivity contribution in [3.8, 4) is 0 Å². The largest absolute Gasteiger partial charge is 0.459 e. The first-order valence-corrected chi connectivity index (χ1v) is 10.8. The normalized spacial score (nSPS) is 17.7. The smallest absolute Gasteiger partial charge is 0.330 e. The van der Waals surface area contributed by atoms with E-state index < -0.39 is 5.97 Å². The summed E-state index contributed by atoms with van der Waals surface area (Å²) in [6, 6.07) is 6.59. The molecule has 1 aromatic carbocycles. The Morgan fingerprint density at radius 3 is 2.82 bits per heavy atom. The molecule has 1 aliphatic carbocycles. The summed E-state index contributed by atoms with van der Waals surface area (Å²) in [6.07, 6.45) is 13.4. The van der Waals surface area contributed by atoms with Gasteiger partial charge in [0.15, 0.2) is 0 Å². The number of rotatable bonds is 11. The van der Waals surface area contributed by atoms with Crippen LogP contribution in [-0.2, 0) is 16.0 Å². The Labute approximate surface area is 170 Å². The van der Waals surface area contributed by atoms with Crippen LogP contribution in [0, 0.1) is 12.8 Å². The Hall–Kier alpha value is -1.87. The maximum atomic E-state index is 11.5. The highest BCUT2D eigenvalue weighted by atomic mass is 16.5. The molecule has 0 fully saturated rings. The lowest BCUT2D eigenvalue weighted by molar-refractivity contribution is -0.143. The second-order valence-corrected chi connectivity index (χ2v) is 7.99. The molecule has 154 valence electrons. The zero-order valence-electron chi connectivity index (χ0n) is 17.6. The van der Waals surface area contributed by atoms with Crippen molar-refractivity contribution in [2.75, 3.05) is 6.61 Å². The number of allylic oxidation sites excluding steroid dienone is 2. The summed E-state index contributed by atoms with van der Waals surface area (Å²) in [6.45, 7) is 7.82. The van der Waals surface area contributed by atoms with Gasteiger partial charge >= 0.3 is 5.97 Å². The van der Waals surface area contributed by atoms with Crippen LogP contribution in [0.3, 0.4) is 0 Å². The molecular formula is C25H36O3. The molecule has 3 nitrogen and oxygen atoms in total. The van der Waals surface area contributed by atoms with Gasteiger partial charge < -0.3 is 9.84 Å². The van der Waals surface area contributed by atoms with E-state index in [2.05, 4.69) is 44.7 Å². The van der Waals surface area contributed by atoms with Crippen LogP contribution in [0.25, 0.3) is 5.57 Å². The first-order chi connectivity index (χ1) is 13.6. The summed E-state index contributed by atoms with van der Waals surface area (Å²) in [4.78, 5) is 11.5. The highest BCUT2D eigenvalue weighted by Crippen LogP contribution is 2.33. The van der Waals surface area contributed by atoms with Gasteiger partial charge in [0, 0.05) is 25.5 Å². The minimum atomic E-state index is -0.437. The van der Waals surface area contributed by atoms with E-state index in [0.29, 0.717) is 12.8 Å². The Morgan fingerprint density at radius 1 is 1.39 bits per heavy atom. The number of esters is 1. The number of hydrogen-bond donors (Lipinski definition) is 1. The summed E-state index contributed by atoms with van der Waals surface area (Å²) >= 11 is 0. The van der Waals surface area contributed by atoms with Crippen molar-refractivity contribution in [2.24, 2.45) is 5.92 Å². The Morgan fingerprint density at radius 2 is 2.21 bits per heavy atom. The van der Waals surface area contributed by atoms with E-state index in [1.54, 1.807) is 0 Å². The minimum absolute atomic E-state index is 0.00146. The van der Waals surface area contributed by atoms with Crippen molar-refractivity contribution >= 4 is 11.5 Å². The van der Waals surface area contributed by atoms with Crippen LogP contribution in [0.1, 0.15) is 75.0 Å². The predicted molar refractivity (Wildman–Crippen MR) is 116 cm³/mol. The molecule has 0 aromatic heterocycles. The van der Waals surface area contributed by atoms with Gasteiger partial charge in [-0.1, -0.05) is 63.5 Å². The summed E-state index contributed by atoms with van der Waals surface area (Å²) in [5.74, 6) is 0.419. The topological polar surface area (TPSA) is 46.5 Å². The standard InChI is InChI=1S/C25H36O3/c1-4-6-7-8-20-9-11-21(12-10-20)23-14-13-22(19(3)17-23)18-24(15-16-26)28-25(27)5-2/h5,11,13-14,17,20,24,26H,2,4,6-10,12,15-16,18H2,1,3H3. The maximum absolute atomic E-state index is 11.5. The molecule has 1 aromatic rings. The van der Waals surface area contributed by atoms with Crippen LogP contribution in [0.5, 0.6) is 0 Å². The first-order valence-electron chi connectivity index (χ1n) is 10.8. The van der Waals surface area contributed by atoms with Gasteiger partial charge in [-0.05, 0) is 54.4 Å². The molecule has 0 spiro atoms. The van der Waals surface area contributed by atoms with Gasteiger partial charge in [0.05, 0.1) is 0 Å². The monoisotopic (exact) mass is 384 g/mol. The van der Waals surface area contributed by atoms with Crippen LogP contribution in [0.15, 0.2) is 36.9 Å². The molecule has 0 saturated carbocycles. The molecule has 1 aliphatic rings. The molecule has 2 rings (SSSR count). The van der Waals surface area contributed by atoms with Crippen LogP contribution < -0.4 is 0 Å². The second-order valence-electron chi connectivity index (χ2n) is 7.99. The van der Waals surface area contributed by atoms with Crippen LogP contribution in [-0.4, -0.2) is 23.8 Å². The van der Waals surface area contributed by atoms with Gasteiger partial charge in [-0.3, -0.25) is 0 Å². The number of benzene rings is 1. The number of aliphatic hydroxyl groups is 1. The Bertz CT molecular complexity index is 674. The third-order valence-corrected chi connectivity index (χ3v) is 5.80. The van der Waals surface area contributed by atoms with Gasteiger partial charge in [-0.25, -0.2) is 4.79 Å². The fourth-order valence-corrected chi connectivity index (χ4v) is 4.02. The maximum Gasteiger partial charge on any atom is 0.330 e. The summed E-state index contributed by atoms with van der Waals surface area (Å²) in [7, 11) is 0. The van der Waals surface area contributed by atoms with E-state index in [0.717, 1.165) is 11.5 Å². The minimum Gasteiger partial charge on any atom is -0.459 e. The zero-order valence-corrected chi connectivity index (χ0v) is 17.6. The van der Waals surface area contributed by atoms with E-state index in [1.165, 1.54) is 67.7 Å². The molecular weight excluding hydrogens is 348 g/mol. The van der Waals surface area contributed by atoms with Crippen LogP contribution in [0.4, 0.5) is 0 Å². The molecule has 0 amide bonds. The number of aliphatic hydroxyl groups excluding tert-OH is 1. The SMILES string of the molecule is C=CC(=O)OC(CCO)Cc1ccc(C2=CCC(CCCCC)CC2)cc1C. The molecule has 1 N–H and O–H groups in total. The van der Waals surface area contributed by atoms with Crippen molar-refractivity contribution in [1.29, 1.82) is 0 Å². The van der Waals surface area contributed by atoms with E-state index in [4.69, 9.17) is 4.74 Å². The number of aryl methyl sites for hydroxylation is 1. The molecule has 0 saturated heterocycles. The summed E-state index contributed by atoms with van der Waals surface area (Å²) in [5, 5.41) is 9.25. The zero-order chi connectivity index (χ0) is 20.4. The number of carbonyl (C=O) groups excluding carboxylic acids is 1. The molecule has 28 heavy (non-hydrogen) atoms. The van der Waals surface area contributed by atoms with Gasteiger partial charge in [0.1, 0.15) is 6.10 Å². The lowest BCUT2D eigenvalue weighted by Gasteiger charge is -2.23. The number of ether oxygens (including phenoxy) is 1. The molecule has 2 unspecified atom stereocenters. The highest BCUT2D eigenvalue weighted by Gasteiger charge is 2.17. The number of unbranched alkanes of at least 4 members (excludes halogenated alkanes) is 2. The molecule has 0 aliphatic heterocycles. The Kier molecular flexibility index (Phi) is 9.49. The van der Waals surface area contributed by atoms with Crippen LogP contribution >= 0.6 is 0 Å². The number of carbonyl (C=O) groups is 1. The van der Waals surface area contributed by atoms with E-state index in [9.17, 15) is 9.90 Å². The molecule has 2 atom stereocenters. The number of hydrogen-bond acceptors (Lipinski definition) is 3. The van der Waals surface area contributed by atoms with Gasteiger partial charge in [0.2, 0.25) is 0 Å². The summed E-state index contributed by atoms with van der Waals surface area (Å²) < 4.78 is 5.37. The highest BCUT2D eigenvalue weighted by molar-refractivity contribution is 5.81. The van der Waals surface area contributed by atoms with E-state index in [1.807, 2.05) is 0 Å². The summed E-state index contributed by atoms with van der Waals surface area (Å²) in [5.41, 5.74) is 5.15. The predicted octanol–water partition coefficient (Wildman–Crippen LogP) is 5.78. The van der Waals surface area contributed by atoms with Crippen molar-refractivity contribution < 1.29 is 14.6 Å². The average molecular weight is 385 g/mol. The first kappa shape index (κ1) is 22.4. The molecule has 0 radical (unpaired) electrons. The quantitative estimate of drug-likeness (QED) is 0.299. The third-order valence-electron chi connectivity index (χ3n) is 5.80. The van der Waals surface area contributed by atoms with Gasteiger partial charge in [-0.15, -0.1) is 0 Å². The fraction of sp³-hybridized carbons (Fsp3) is 0.560. The molecule has 0 bridgehead atoms. The van der Waals surface area contributed by atoms with Gasteiger partial charge in [-0.2, -0.15) is 0 Å². The van der Waals surface area contributed by atoms with Crippen molar-refractivity contribution in [1.82, 2.24) is 0 Å². The van der Waals surface area contributed by atoms with Crippen LogP contribution in [0.2, 0.25) is 0 Å². The lowest BCUT2D eigenvalue weighted by Crippen LogP contribution is -2.21.